The summed E-state index contributed by atoms with van der Waals surface area (Å²) in [6.45, 7) is 8.46. The molecule has 3 aromatic rings. The molecule has 0 N–H and O–H groups in total. The first kappa shape index (κ1) is 61.7. The van der Waals surface area contributed by atoms with E-state index >= 15 is 0 Å². The van der Waals surface area contributed by atoms with E-state index in [4.69, 9.17) is 24.2 Å². The Morgan fingerprint density at radius 2 is 0.778 bits per heavy atom. The first-order valence-electron chi connectivity index (χ1n) is 29.6. The average Bonchev–Trinajstić information content (AvgIpc) is 3.40. The first-order valence-corrected chi connectivity index (χ1v) is 29.6. The second-order valence-corrected chi connectivity index (χ2v) is 20.4. The van der Waals surface area contributed by atoms with Crippen molar-refractivity contribution in [3.05, 3.63) is 89.0 Å². The van der Waals surface area contributed by atoms with Crippen molar-refractivity contribution in [3.63, 3.8) is 0 Å². The molecule has 3 aromatic carbocycles. The Labute approximate surface area is 439 Å². The third-order valence-electron chi connectivity index (χ3n) is 13.8. The van der Waals surface area contributed by atoms with Crippen LogP contribution in [0.1, 0.15) is 284 Å². The molecule has 0 aliphatic rings. The topological polar surface area (TPSA) is 94.9 Å². The fraction of sp³-hybridized carbons (Fsp3) is 0.646. The molecule has 0 amide bonds. The van der Waals surface area contributed by atoms with E-state index in [1.807, 2.05) is 12.1 Å². The molecule has 0 fully saturated rings. The van der Waals surface area contributed by atoms with Gasteiger partial charge in [-0.1, -0.05) is 251 Å². The number of carbonyl (C=O) groups excluding carboxylic acids is 2. The molecule has 0 unspecified atom stereocenters. The number of esters is 1. The molecule has 0 radical (unpaired) electrons. The molecule has 0 bridgehead atoms. The molecule has 400 valence electrons. The average molecular weight is 991 g/mol. The number of unbranched alkanes of at least 4 members (excludes halogenated alkanes) is 33. The number of carbonyl (C=O) groups is 2. The minimum absolute atomic E-state index is 0.162. The summed E-state index contributed by atoms with van der Waals surface area (Å²) in [5.41, 5.74) is 2.14. The molecule has 3 rings (SSSR count). The predicted molar refractivity (Wildman–Crippen MR) is 302 cm³/mol. The summed E-state index contributed by atoms with van der Waals surface area (Å²) in [6.07, 6.45) is 49.1. The summed E-state index contributed by atoms with van der Waals surface area (Å²) in [4.78, 5) is 26.7. The van der Waals surface area contributed by atoms with Gasteiger partial charge in [0.25, 0.3) is 0 Å². The zero-order valence-corrected chi connectivity index (χ0v) is 45.9. The summed E-state index contributed by atoms with van der Waals surface area (Å²) in [6, 6.07) is 19.3. The van der Waals surface area contributed by atoms with Gasteiger partial charge in [-0.05, 0) is 79.4 Å². The van der Waals surface area contributed by atoms with Gasteiger partial charge in [0.15, 0.2) is 17.3 Å². The smallest absolute Gasteiger partial charge is 0.343 e. The van der Waals surface area contributed by atoms with Crippen molar-refractivity contribution in [2.45, 2.75) is 252 Å². The van der Waals surface area contributed by atoms with Gasteiger partial charge in [-0.25, -0.2) is 4.79 Å². The van der Waals surface area contributed by atoms with Gasteiger partial charge in [-0.3, -0.25) is 4.79 Å². The Balaban J connectivity index is 1.67. The Morgan fingerprint density at radius 1 is 0.431 bits per heavy atom. The summed E-state index contributed by atoms with van der Waals surface area (Å²) in [5, 5.41) is 9.08. The predicted octanol–water partition coefficient (Wildman–Crippen LogP) is 19.9. The molecule has 0 aliphatic carbocycles. The number of rotatable bonds is 47. The van der Waals surface area contributed by atoms with Crippen molar-refractivity contribution in [2.75, 3.05) is 19.8 Å². The number of benzene rings is 3. The van der Waals surface area contributed by atoms with Crippen LogP contribution in [0.25, 0.3) is 6.08 Å². The Bertz CT molecular complexity index is 1830. The van der Waals surface area contributed by atoms with Crippen molar-refractivity contribution >= 4 is 17.8 Å². The fourth-order valence-corrected chi connectivity index (χ4v) is 9.21. The molecule has 0 saturated carbocycles. The highest BCUT2D eigenvalue weighted by Crippen LogP contribution is 2.40. The monoisotopic (exact) mass is 990 g/mol. The van der Waals surface area contributed by atoms with E-state index in [0.717, 1.165) is 44.1 Å². The van der Waals surface area contributed by atoms with E-state index in [1.165, 1.54) is 199 Å². The lowest BCUT2D eigenvalue weighted by atomic mass is 10.1. The number of hydrogen-bond donors (Lipinski definition) is 0. The van der Waals surface area contributed by atoms with Gasteiger partial charge < -0.3 is 18.9 Å². The normalized spacial score (nSPS) is 11.2. The summed E-state index contributed by atoms with van der Waals surface area (Å²) < 4.78 is 25.6. The number of nitrogens with zero attached hydrogens (tertiary/aromatic N) is 1. The highest BCUT2D eigenvalue weighted by atomic mass is 16.5. The molecule has 7 heteroatoms. The van der Waals surface area contributed by atoms with Gasteiger partial charge in [0.2, 0.25) is 5.75 Å². The lowest BCUT2D eigenvalue weighted by Gasteiger charge is -2.19. The summed E-state index contributed by atoms with van der Waals surface area (Å²) >= 11 is 0. The van der Waals surface area contributed by atoms with Crippen LogP contribution in [0.2, 0.25) is 0 Å². The van der Waals surface area contributed by atoms with Gasteiger partial charge in [-0.2, -0.15) is 5.26 Å². The quantitative estimate of drug-likeness (QED) is 0.0183. The van der Waals surface area contributed by atoms with E-state index in [-0.39, 0.29) is 5.78 Å². The van der Waals surface area contributed by atoms with E-state index in [1.54, 1.807) is 54.6 Å². The van der Waals surface area contributed by atoms with E-state index < -0.39 is 5.97 Å². The van der Waals surface area contributed by atoms with Crippen LogP contribution in [-0.4, -0.2) is 31.6 Å². The Morgan fingerprint density at radius 3 is 1.14 bits per heavy atom. The minimum Gasteiger partial charge on any atom is -0.490 e. The van der Waals surface area contributed by atoms with E-state index in [2.05, 4.69) is 26.8 Å². The third kappa shape index (κ3) is 29.8. The highest BCUT2D eigenvalue weighted by Gasteiger charge is 2.21. The number of ether oxygens (including phenoxy) is 4. The Kier molecular flexibility index (Phi) is 36.8. The van der Waals surface area contributed by atoms with Crippen molar-refractivity contribution in [1.29, 1.82) is 5.26 Å². The van der Waals surface area contributed by atoms with Crippen molar-refractivity contribution in [2.24, 2.45) is 0 Å². The number of allylic oxidation sites excluding steroid dienone is 1. The first-order chi connectivity index (χ1) is 35.5. The van der Waals surface area contributed by atoms with Gasteiger partial charge in [-0.15, -0.1) is 0 Å². The van der Waals surface area contributed by atoms with Crippen LogP contribution in [-0.2, 0) is 0 Å². The Hall–Kier alpha value is -4.57. The molecule has 0 heterocycles. The van der Waals surface area contributed by atoms with Crippen molar-refractivity contribution in [3.8, 4) is 29.1 Å². The highest BCUT2D eigenvalue weighted by molar-refractivity contribution is 6.06. The number of nitriles is 1. The zero-order valence-electron chi connectivity index (χ0n) is 45.9. The van der Waals surface area contributed by atoms with Crippen molar-refractivity contribution < 1.29 is 28.5 Å². The largest absolute Gasteiger partial charge is 0.490 e. The van der Waals surface area contributed by atoms with Gasteiger partial charge in [0.05, 0.1) is 37.0 Å². The maximum Gasteiger partial charge on any atom is 0.343 e. The van der Waals surface area contributed by atoms with Crippen LogP contribution in [0.4, 0.5) is 0 Å². The number of hydrogen-bond acceptors (Lipinski definition) is 7. The standard InChI is InChI=1S/C65H99NO6/c1-4-7-10-13-16-19-22-25-28-31-34-37-50-69-62-53-59(65(68)72-60-47-42-56(43-48-60)44-49-61(67)58-45-40-57(55-66)41-46-58)54-63(70-51-38-35-32-29-26-23-20-17-14-11-8-5-2)64(62)71-52-39-36-33-30-27-24-21-18-15-12-9-6-3/h40-49,53-54H,4-39,50-52H2,1-3H3/b49-44+. The summed E-state index contributed by atoms with van der Waals surface area (Å²) in [5.74, 6) is 1.37. The van der Waals surface area contributed by atoms with E-state index in [9.17, 15) is 9.59 Å². The van der Waals surface area contributed by atoms with E-state index in [0.29, 0.717) is 59.5 Å². The molecule has 0 saturated heterocycles. The second-order valence-electron chi connectivity index (χ2n) is 20.4. The molecule has 0 aliphatic heterocycles. The van der Waals surface area contributed by atoms with Crippen LogP contribution in [0.3, 0.4) is 0 Å². The summed E-state index contributed by atoms with van der Waals surface area (Å²) in [7, 11) is 0. The van der Waals surface area contributed by atoms with Crippen LogP contribution < -0.4 is 18.9 Å². The molecule has 0 atom stereocenters. The lowest BCUT2D eigenvalue weighted by molar-refractivity contribution is 0.0733. The zero-order chi connectivity index (χ0) is 51.4. The molecular weight excluding hydrogens is 891 g/mol. The molecular formula is C65H99NO6. The van der Waals surface area contributed by atoms with Crippen LogP contribution in [0, 0.1) is 11.3 Å². The van der Waals surface area contributed by atoms with Crippen LogP contribution in [0.15, 0.2) is 66.7 Å². The molecule has 0 aromatic heterocycles. The maximum atomic E-state index is 13.9. The van der Waals surface area contributed by atoms with Crippen molar-refractivity contribution in [1.82, 2.24) is 0 Å². The van der Waals surface area contributed by atoms with Gasteiger partial charge in [0.1, 0.15) is 5.75 Å². The van der Waals surface area contributed by atoms with Gasteiger partial charge >= 0.3 is 5.97 Å². The maximum absolute atomic E-state index is 13.9. The fourth-order valence-electron chi connectivity index (χ4n) is 9.21. The molecule has 72 heavy (non-hydrogen) atoms. The van der Waals surface area contributed by atoms with Crippen LogP contribution in [0.5, 0.6) is 23.0 Å². The lowest BCUT2D eigenvalue weighted by Crippen LogP contribution is -2.12. The number of ketones is 1. The minimum atomic E-state index is -0.507. The van der Waals surface area contributed by atoms with Crippen LogP contribution >= 0.6 is 0 Å². The second kappa shape index (κ2) is 42.9. The SMILES string of the molecule is CCCCCCCCCCCCCCOc1cc(C(=O)Oc2ccc(/C=C/C(=O)c3ccc(C#N)cc3)cc2)cc(OCCCCCCCCCCCCCC)c1OCCCCCCCCCCCCCC. The van der Waals surface area contributed by atoms with Gasteiger partial charge in [0, 0.05) is 5.56 Å². The molecule has 7 nitrogen and oxygen atoms in total. The molecule has 0 spiro atoms. The third-order valence-corrected chi connectivity index (χ3v) is 13.8.